The Morgan fingerprint density at radius 2 is 1.93 bits per heavy atom. The van der Waals surface area contributed by atoms with Gasteiger partial charge >= 0.3 is 5.97 Å². The summed E-state index contributed by atoms with van der Waals surface area (Å²) in [5, 5.41) is 2.97. The quantitative estimate of drug-likeness (QED) is 0.601. The molecule has 1 aromatic carbocycles. The Morgan fingerprint density at radius 3 is 2.57 bits per heavy atom. The van der Waals surface area contributed by atoms with E-state index < -0.39 is 11.5 Å². The van der Waals surface area contributed by atoms with Crippen molar-refractivity contribution in [1.29, 1.82) is 0 Å². The molecule has 0 radical (unpaired) electrons. The van der Waals surface area contributed by atoms with Crippen LogP contribution in [0.25, 0.3) is 0 Å². The first-order chi connectivity index (χ1) is 14.4. The van der Waals surface area contributed by atoms with Crippen molar-refractivity contribution >= 4 is 35.0 Å². The van der Waals surface area contributed by atoms with Crippen molar-refractivity contribution < 1.29 is 14.3 Å². The Balaban J connectivity index is 1.49. The molecule has 0 bridgehead atoms. The molecule has 1 aliphatic rings. The van der Waals surface area contributed by atoms with E-state index in [0.29, 0.717) is 12.5 Å². The summed E-state index contributed by atoms with van der Waals surface area (Å²) in [6, 6.07) is 9.19. The largest absolute Gasteiger partial charge is 0.469 e. The molecule has 1 aromatic heterocycles. The van der Waals surface area contributed by atoms with E-state index in [1.54, 1.807) is 0 Å². The second-order valence-electron chi connectivity index (χ2n) is 7.33. The first-order valence-corrected chi connectivity index (χ1v) is 10.1. The van der Waals surface area contributed by atoms with Crippen molar-refractivity contribution in [1.82, 2.24) is 10.3 Å². The van der Waals surface area contributed by atoms with Gasteiger partial charge in [-0.1, -0.05) is 23.7 Å². The van der Waals surface area contributed by atoms with Gasteiger partial charge in [-0.3, -0.25) is 14.4 Å². The number of nitrogens with one attached hydrogen (secondary N) is 2. The lowest BCUT2D eigenvalue weighted by atomic mass is 9.96. The normalized spacial score (nSPS) is 14.4. The average molecular weight is 433 g/mol. The summed E-state index contributed by atoms with van der Waals surface area (Å²) in [5.41, 5.74) is 6.96. The van der Waals surface area contributed by atoms with Gasteiger partial charge in [-0.05, 0) is 42.5 Å². The second-order valence-corrected chi connectivity index (χ2v) is 7.74. The Hall–Kier alpha value is -3.00. The molecular formula is C21H25ClN4O4. The van der Waals surface area contributed by atoms with Crippen LogP contribution in [0.2, 0.25) is 5.02 Å². The maximum Gasteiger partial charge on any atom is 0.309 e. The Kier molecular flexibility index (Phi) is 6.99. The van der Waals surface area contributed by atoms with Gasteiger partial charge in [-0.25, -0.2) is 0 Å². The molecule has 8 nitrogen and oxygen atoms in total. The van der Waals surface area contributed by atoms with E-state index in [2.05, 4.69) is 19.9 Å². The number of methoxy groups -OCH3 is 1. The molecule has 1 aliphatic heterocycles. The van der Waals surface area contributed by atoms with Crippen LogP contribution in [0.5, 0.6) is 0 Å². The SMILES string of the molecule is COC(=O)Cc1ccc(N2CCC(CNC(=O)c3cc(Cl)c(N)[nH]c3=O)CC2)cc1. The van der Waals surface area contributed by atoms with Crippen molar-refractivity contribution in [2.24, 2.45) is 5.92 Å². The maximum absolute atomic E-state index is 12.3. The van der Waals surface area contributed by atoms with Gasteiger partial charge in [0.25, 0.3) is 11.5 Å². The summed E-state index contributed by atoms with van der Waals surface area (Å²) in [4.78, 5) is 40.2. The topological polar surface area (TPSA) is 118 Å². The zero-order valence-corrected chi connectivity index (χ0v) is 17.5. The highest BCUT2D eigenvalue weighted by Gasteiger charge is 2.21. The van der Waals surface area contributed by atoms with E-state index in [4.69, 9.17) is 17.3 Å². The fourth-order valence-corrected chi connectivity index (χ4v) is 3.64. The number of carbonyl (C=O) groups is 2. The fraction of sp³-hybridized carbons (Fsp3) is 0.381. The van der Waals surface area contributed by atoms with Gasteiger partial charge in [0.05, 0.1) is 18.6 Å². The molecule has 4 N–H and O–H groups in total. The zero-order valence-electron chi connectivity index (χ0n) is 16.7. The minimum atomic E-state index is -0.556. The van der Waals surface area contributed by atoms with Crippen LogP contribution in [0.1, 0.15) is 28.8 Å². The van der Waals surface area contributed by atoms with Crippen molar-refractivity contribution in [3.8, 4) is 0 Å². The van der Waals surface area contributed by atoms with Crippen molar-refractivity contribution in [3.05, 3.63) is 56.8 Å². The first-order valence-electron chi connectivity index (χ1n) is 9.74. The number of piperidine rings is 1. The second kappa shape index (κ2) is 9.67. The Bertz CT molecular complexity index is 966. The smallest absolute Gasteiger partial charge is 0.309 e. The van der Waals surface area contributed by atoms with Crippen LogP contribution < -0.4 is 21.5 Å². The molecule has 160 valence electrons. The Labute approximate surface area is 179 Å². The van der Waals surface area contributed by atoms with Gasteiger partial charge in [-0.2, -0.15) is 0 Å². The minimum Gasteiger partial charge on any atom is -0.469 e. The lowest BCUT2D eigenvalue weighted by Crippen LogP contribution is -2.39. The number of amides is 1. The maximum atomic E-state index is 12.3. The lowest BCUT2D eigenvalue weighted by molar-refractivity contribution is -0.139. The van der Waals surface area contributed by atoms with Gasteiger partial charge < -0.3 is 25.7 Å². The van der Waals surface area contributed by atoms with Crippen LogP contribution >= 0.6 is 11.6 Å². The van der Waals surface area contributed by atoms with Crippen LogP contribution in [-0.4, -0.2) is 43.6 Å². The molecule has 1 amide bonds. The molecule has 30 heavy (non-hydrogen) atoms. The van der Waals surface area contributed by atoms with Crippen molar-refractivity contribution in [2.75, 3.05) is 37.4 Å². The number of hydrogen-bond donors (Lipinski definition) is 3. The van der Waals surface area contributed by atoms with E-state index >= 15 is 0 Å². The van der Waals surface area contributed by atoms with Crippen LogP contribution in [-0.2, 0) is 16.0 Å². The average Bonchev–Trinajstić information content (AvgIpc) is 2.75. The molecule has 1 saturated heterocycles. The zero-order chi connectivity index (χ0) is 21.7. The summed E-state index contributed by atoms with van der Waals surface area (Å²) < 4.78 is 4.69. The third-order valence-corrected chi connectivity index (χ3v) is 5.62. The van der Waals surface area contributed by atoms with Crippen LogP contribution in [0.4, 0.5) is 11.5 Å². The third kappa shape index (κ3) is 5.33. The summed E-state index contributed by atoms with van der Waals surface area (Å²) in [5.74, 6) is -0.341. The van der Waals surface area contributed by atoms with Crippen molar-refractivity contribution in [2.45, 2.75) is 19.3 Å². The van der Waals surface area contributed by atoms with Crippen LogP contribution in [0, 0.1) is 5.92 Å². The van der Waals surface area contributed by atoms with E-state index in [9.17, 15) is 14.4 Å². The predicted molar refractivity (Wildman–Crippen MR) is 116 cm³/mol. The number of nitrogens with zero attached hydrogens (tertiary/aromatic N) is 1. The van der Waals surface area contributed by atoms with Crippen LogP contribution in [0.15, 0.2) is 35.1 Å². The highest BCUT2D eigenvalue weighted by Crippen LogP contribution is 2.23. The number of rotatable bonds is 6. The number of nitrogens with two attached hydrogens (primary N) is 1. The molecule has 2 aromatic rings. The van der Waals surface area contributed by atoms with Gasteiger partial charge in [0.2, 0.25) is 0 Å². The monoisotopic (exact) mass is 432 g/mol. The van der Waals surface area contributed by atoms with E-state index in [1.807, 2.05) is 24.3 Å². The molecular weight excluding hydrogens is 408 g/mol. The van der Waals surface area contributed by atoms with Gasteiger partial charge in [0.15, 0.2) is 0 Å². The number of nitrogen functional groups attached to an aromatic ring is 1. The number of pyridine rings is 1. The number of carbonyl (C=O) groups excluding carboxylic acids is 2. The van der Waals surface area contributed by atoms with E-state index in [0.717, 1.165) is 37.2 Å². The summed E-state index contributed by atoms with van der Waals surface area (Å²) in [7, 11) is 1.38. The highest BCUT2D eigenvalue weighted by atomic mass is 35.5. The van der Waals surface area contributed by atoms with Gasteiger partial charge in [0, 0.05) is 25.3 Å². The van der Waals surface area contributed by atoms with Gasteiger partial charge in [-0.15, -0.1) is 0 Å². The number of aromatic nitrogens is 1. The molecule has 1 fully saturated rings. The number of H-pyrrole nitrogens is 1. The summed E-state index contributed by atoms with van der Waals surface area (Å²) in [6.07, 6.45) is 2.10. The number of benzene rings is 1. The molecule has 0 atom stereocenters. The fourth-order valence-electron chi connectivity index (χ4n) is 3.48. The van der Waals surface area contributed by atoms with Gasteiger partial charge in [0.1, 0.15) is 11.4 Å². The molecule has 2 heterocycles. The number of halogens is 1. The molecule has 9 heteroatoms. The molecule has 3 rings (SSSR count). The molecule has 0 unspecified atom stereocenters. The third-order valence-electron chi connectivity index (χ3n) is 5.31. The number of ether oxygens (including phenoxy) is 1. The Morgan fingerprint density at radius 1 is 1.27 bits per heavy atom. The van der Waals surface area contributed by atoms with Crippen molar-refractivity contribution in [3.63, 3.8) is 0 Å². The number of aromatic amines is 1. The first kappa shape index (κ1) is 21.7. The minimum absolute atomic E-state index is 0.0429. The number of esters is 1. The van der Waals surface area contributed by atoms with E-state index in [-0.39, 0.29) is 28.8 Å². The number of hydrogen-bond acceptors (Lipinski definition) is 6. The predicted octanol–water partition coefficient (Wildman–Crippen LogP) is 1.97. The highest BCUT2D eigenvalue weighted by molar-refractivity contribution is 6.33. The molecule has 0 aliphatic carbocycles. The standard InChI is InChI=1S/C21H25ClN4O4/c1-30-18(27)10-13-2-4-15(5-3-13)26-8-6-14(7-9-26)12-24-20(28)16-11-17(22)19(23)25-21(16)29/h2-5,11,14H,6-10,12H2,1H3,(H,24,28)(H3,23,25,29). The summed E-state index contributed by atoms with van der Waals surface area (Å²) in [6.45, 7) is 2.22. The van der Waals surface area contributed by atoms with Crippen LogP contribution in [0.3, 0.4) is 0 Å². The molecule has 0 saturated carbocycles. The number of anilines is 2. The van der Waals surface area contributed by atoms with E-state index in [1.165, 1.54) is 13.2 Å². The lowest BCUT2D eigenvalue weighted by Gasteiger charge is -2.33. The summed E-state index contributed by atoms with van der Waals surface area (Å²) >= 11 is 5.89. The molecule has 0 spiro atoms.